The Morgan fingerprint density at radius 2 is 1.81 bits per heavy atom. The topological polar surface area (TPSA) is 92.8 Å². The molecule has 1 aliphatic rings. The van der Waals surface area contributed by atoms with Crippen LogP contribution in [0, 0.1) is 5.82 Å². The highest BCUT2D eigenvalue weighted by atomic mass is 35.5. The fourth-order valence-corrected chi connectivity index (χ4v) is 5.32. The van der Waals surface area contributed by atoms with Crippen LogP contribution in [0.2, 0.25) is 5.02 Å². The predicted octanol–water partition coefficient (Wildman–Crippen LogP) is 4.08. The van der Waals surface area contributed by atoms with Gasteiger partial charge >= 0.3 is 5.97 Å². The van der Waals surface area contributed by atoms with Crippen molar-refractivity contribution >= 4 is 44.9 Å². The van der Waals surface area contributed by atoms with Crippen LogP contribution in [0.25, 0.3) is 11.1 Å². The molecule has 1 N–H and O–H groups in total. The molecule has 1 aliphatic heterocycles. The number of halogens is 2. The lowest BCUT2D eigenvalue weighted by Gasteiger charge is -2.31. The summed E-state index contributed by atoms with van der Waals surface area (Å²) in [4.78, 5) is 24.5. The van der Waals surface area contributed by atoms with Crippen LogP contribution in [0.3, 0.4) is 0 Å². The summed E-state index contributed by atoms with van der Waals surface area (Å²) in [6.07, 6.45) is 0. The molecule has 3 aromatic carbocycles. The van der Waals surface area contributed by atoms with Crippen LogP contribution in [0.5, 0.6) is 0 Å². The summed E-state index contributed by atoms with van der Waals surface area (Å²) in [5.74, 6) is -1.88. The van der Waals surface area contributed by atoms with Crippen molar-refractivity contribution in [3.05, 3.63) is 77.1 Å². The first-order valence-electron chi connectivity index (χ1n) is 9.32. The summed E-state index contributed by atoms with van der Waals surface area (Å²) < 4.78 is 46.0. The van der Waals surface area contributed by atoms with Gasteiger partial charge in [-0.1, -0.05) is 29.8 Å². The average molecular weight is 475 g/mol. The van der Waals surface area contributed by atoms with E-state index in [4.69, 9.17) is 11.6 Å². The Bertz CT molecular complexity index is 1360. The van der Waals surface area contributed by atoms with Gasteiger partial charge in [0.15, 0.2) is 0 Å². The number of esters is 1. The van der Waals surface area contributed by atoms with Gasteiger partial charge in [0, 0.05) is 16.8 Å². The zero-order valence-electron chi connectivity index (χ0n) is 16.6. The number of ether oxygens (including phenoxy) is 1. The van der Waals surface area contributed by atoms with Crippen molar-refractivity contribution in [1.29, 1.82) is 0 Å². The molecule has 0 atom stereocenters. The zero-order chi connectivity index (χ0) is 23.0. The van der Waals surface area contributed by atoms with Crippen molar-refractivity contribution < 1.29 is 27.1 Å². The minimum atomic E-state index is -4.07. The van der Waals surface area contributed by atoms with Gasteiger partial charge in [0.25, 0.3) is 10.0 Å². The number of carbonyl (C=O) groups is 2. The number of carbonyl (C=O) groups excluding carboxylic acids is 2. The number of hydrogen-bond acceptors (Lipinski definition) is 5. The van der Waals surface area contributed by atoms with E-state index in [0.29, 0.717) is 11.1 Å². The smallest absolute Gasteiger partial charge is 0.339 e. The first-order chi connectivity index (χ1) is 15.2. The molecule has 164 valence electrons. The molecule has 7 nitrogen and oxygen atoms in total. The van der Waals surface area contributed by atoms with Crippen LogP contribution < -0.4 is 9.62 Å². The Morgan fingerprint density at radius 1 is 1.06 bits per heavy atom. The number of nitrogens with zero attached hydrogens (tertiary/aromatic N) is 1. The number of anilines is 2. The molecule has 0 aromatic heterocycles. The zero-order valence-corrected chi connectivity index (χ0v) is 18.2. The highest BCUT2D eigenvalue weighted by Crippen LogP contribution is 2.43. The van der Waals surface area contributed by atoms with Gasteiger partial charge in [0.05, 0.1) is 28.3 Å². The predicted molar refractivity (Wildman–Crippen MR) is 118 cm³/mol. The van der Waals surface area contributed by atoms with E-state index in [-0.39, 0.29) is 26.9 Å². The Morgan fingerprint density at radius 3 is 2.56 bits per heavy atom. The summed E-state index contributed by atoms with van der Waals surface area (Å²) in [7, 11) is -2.88. The molecule has 4 rings (SSSR count). The van der Waals surface area contributed by atoms with E-state index in [0.717, 1.165) is 10.4 Å². The minimum absolute atomic E-state index is 0.0228. The van der Waals surface area contributed by atoms with Crippen LogP contribution in [-0.2, 0) is 19.6 Å². The molecule has 0 saturated heterocycles. The third-order valence-electron chi connectivity index (χ3n) is 4.92. The number of benzene rings is 3. The molecule has 0 radical (unpaired) electrons. The number of nitrogens with one attached hydrogen (secondary N) is 1. The Labute approximate surface area is 188 Å². The van der Waals surface area contributed by atoms with E-state index in [1.54, 1.807) is 18.2 Å². The lowest BCUT2D eigenvalue weighted by Crippen LogP contribution is -2.40. The maximum absolute atomic E-state index is 13.9. The highest BCUT2D eigenvalue weighted by Gasteiger charge is 2.36. The van der Waals surface area contributed by atoms with Crippen molar-refractivity contribution in [2.24, 2.45) is 0 Å². The molecule has 0 aliphatic carbocycles. The molecule has 0 spiro atoms. The molecule has 3 aromatic rings. The van der Waals surface area contributed by atoms with Crippen molar-refractivity contribution in [2.45, 2.75) is 4.90 Å². The first-order valence-corrected chi connectivity index (χ1v) is 11.1. The van der Waals surface area contributed by atoms with Crippen LogP contribution in [-0.4, -0.2) is 33.9 Å². The number of sulfonamides is 1. The number of methoxy groups -OCH3 is 1. The van der Waals surface area contributed by atoms with Crippen LogP contribution >= 0.6 is 11.6 Å². The monoisotopic (exact) mass is 474 g/mol. The first kappa shape index (κ1) is 21.8. The molecule has 1 amide bonds. The standard InChI is InChI=1S/C22H16ClFN2O5S/c1-31-22(28)17-11-14(7-8-18(17)23)25-21(27)12-26-19-9-6-13(24)10-16(19)15-4-2-3-5-20(15)32(26,29)30/h2-11H,12H2,1H3,(H,25,27). The lowest BCUT2D eigenvalue weighted by atomic mass is 10.0. The summed E-state index contributed by atoms with van der Waals surface area (Å²) in [6.45, 7) is -0.564. The van der Waals surface area contributed by atoms with Gasteiger partial charge in [-0.2, -0.15) is 0 Å². The molecule has 0 bridgehead atoms. The van der Waals surface area contributed by atoms with Crippen molar-refractivity contribution in [2.75, 3.05) is 23.3 Å². The molecule has 0 fully saturated rings. The van der Waals surface area contributed by atoms with Gasteiger partial charge in [0.1, 0.15) is 12.4 Å². The number of rotatable bonds is 4. The van der Waals surface area contributed by atoms with Crippen molar-refractivity contribution in [1.82, 2.24) is 0 Å². The van der Waals surface area contributed by atoms with E-state index in [2.05, 4.69) is 10.1 Å². The van der Waals surface area contributed by atoms with Crippen molar-refractivity contribution in [3.8, 4) is 11.1 Å². The molecule has 0 unspecified atom stereocenters. The number of fused-ring (bicyclic) bond motifs is 3. The molecule has 10 heteroatoms. The van der Waals surface area contributed by atoms with Crippen molar-refractivity contribution in [3.63, 3.8) is 0 Å². The van der Waals surface area contributed by atoms with Gasteiger partial charge in [-0.15, -0.1) is 0 Å². The van der Waals surface area contributed by atoms with Gasteiger partial charge in [-0.25, -0.2) is 17.6 Å². The largest absolute Gasteiger partial charge is 0.465 e. The Balaban J connectivity index is 1.68. The van der Waals surface area contributed by atoms with E-state index >= 15 is 0 Å². The van der Waals surface area contributed by atoms with E-state index in [1.807, 2.05) is 0 Å². The SMILES string of the molecule is COC(=O)c1cc(NC(=O)CN2c3ccc(F)cc3-c3ccccc3S2(=O)=O)ccc1Cl. The molecule has 32 heavy (non-hydrogen) atoms. The second-order valence-corrected chi connectivity index (χ2v) is 9.14. The van der Waals surface area contributed by atoms with Gasteiger partial charge < -0.3 is 10.1 Å². The van der Waals surface area contributed by atoms with Crippen LogP contribution in [0.15, 0.2) is 65.6 Å². The number of hydrogen-bond donors (Lipinski definition) is 1. The molecular formula is C22H16ClFN2O5S. The fourth-order valence-electron chi connectivity index (χ4n) is 3.47. The Kier molecular flexibility index (Phi) is 5.62. The van der Waals surface area contributed by atoms with E-state index in [9.17, 15) is 22.4 Å². The summed E-state index contributed by atoms with van der Waals surface area (Å²) in [5.41, 5.74) is 1.19. The van der Waals surface area contributed by atoms with Crippen LogP contribution in [0.1, 0.15) is 10.4 Å². The Hall–Kier alpha value is -3.43. The fraction of sp³-hybridized carbons (Fsp3) is 0.0909. The van der Waals surface area contributed by atoms with E-state index in [1.165, 1.54) is 43.5 Å². The van der Waals surface area contributed by atoms with Crippen LogP contribution in [0.4, 0.5) is 15.8 Å². The molecule has 1 heterocycles. The maximum atomic E-state index is 13.9. The second-order valence-electron chi connectivity index (χ2n) is 6.90. The summed E-state index contributed by atoms with van der Waals surface area (Å²) >= 11 is 5.98. The highest BCUT2D eigenvalue weighted by molar-refractivity contribution is 7.93. The minimum Gasteiger partial charge on any atom is -0.465 e. The quantitative estimate of drug-likeness (QED) is 0.575. The van der Waals surface area contributed by atoms with Gasteiger partial charge in [-0.3, -0.25) is 9.10 Å². The summed E-state index contributed by atoms with van der Waals surface area (Å²) in [5, 5.41) is 2.69. The van der Waals surface area contributed by atoms with Gasteiger partial charge in [-0.05, 0) is 42.5 Å². The lowest BCUT2D eigenvalue weighted by molar-refractivity contribution is -0.114. The third-order valence-corrected chi connectivity index (χ3v) is 7.06. The average Bonchev–Trinajstić information content (AvgIpc) is 2.77. The summed E-state index contributed by atoms with van der Waals surface area (Å²) in [6, 6.07) is 14.1. The van der Waals surface area contributed by atoms with Gasteiger partial charge in [0.2, 0.25) is 5.91 Å². The molecule has 0 saturated carbocycles. The van der Waals surface area contributed by atoms with E-state index < -0.39 is 34.3 Å². The third kappa shape index (κ3) is 3.80. The maximum Gasteiger partial charge on any atom is 0.339 e. The number of amides is 1. The second kappa shape index (κ2) is 8.25. The normalized spacial score (nSPS) is 13.7. The molecular weight excluding hydrogens is 459 g/mol.